The molecule has 0 saturated carbocycles. The van der Waals surface area contributed by atoms with Crippen molar-refractivity contribution in [2.45, 2.75) is 23.8 Å². The predicted molar refractivity (Wildman–Crippen MR) is 96.4 cm³/mol. The zero-order valence-corrected chi connectivity index (χ0v) is 15.2. The Morgan fingerprint density at radius 3 is 2.73 bits per heavy atom. The van der Waals surface area contributed by atoms with Gasteiger partial charge in [-0.1, -0.05) is 24.3 Å². The van der Waals surface area contributed by atoms with Gasteiger partial charge < -0.3 is 4.74 Å². The summed E-state index contributed by atoms with van der Waals surface area (Å²) in [5.41, 5.74) is 0.860. The Morgan fingerprint density at radius 1 is 1.12 bits per heavy atom. The summed E-state index contributed by atoms with van der Waals surface area (Å²) in [4.78, 5) is 12.6. The van der Waals surface area contributed by atoms with Gasteiger partial charge in [-0.15, -0.1) is 0 Å². The van der Waals surface area contributed by atoms with E-state index in [1.54, 1.807) is 36.4 Å². The first kappa shape index (κ1) is 17.1. The number of esters is 1. The summed E-state index contributed by atoms with van der Waals surface area (Å²) in [5.74, 6) is -0.173. The summed E-state index contributed by atoms with van der Waals surface area (Å²) in [5, 5.41) is 0. The summed E-state index contributed by atoms with van der Waals surface area (Å²) in [6, 6.07) is 12.6. The first-order chi connectivity index (χ1) is 12.6. The molecule has 0 radical (unpaired) electrons. The highest BCUT2D eigenvalue weighted by molar-refractivity contribution is 7.89. The lowest BCUT2D eigenvalue weighted by Gasteiger charge is -2.22. The molecule has 0 unspecified atom stereocenters. The van der Waals surface area contributed by atoms with E-state index in [2.05, 4.69) is 8.75 Å². The summed E-state index contributed by atoms with van der Waals surface area (Å²) in [6.07, 6.45) is 1.02. The summed E-state index contributed by atoms with van der Waals surface area (Å²) < 4.78 is 41.1. The largest absolute Gasteiger partial charge is 0.425 e. The Morgan fingerprint density at radius 2 is 1.92 bits per heavy atom. The Bertz CT molecular complexity index is 1050. The second-order valence-electron chi connectivity index (χ2n) is 5.90. The van der Waals surface area contributed by atoms with Gasteiger partial charge in [0.15, 0.2) is 0 Å². The molecule has 2 heterocycles. The first-order valence-corrected chi connectivity index (χ1v) is 10.2. The fourth-order valence-electron chi connectivity index (χ4n) is 3.05. The SMILES string of the molecule is O=C(Oc1ccccc1)[C@@H]1CCCN1S(=O)(=O)c1cccc2nsnc12. The summed E-state index contributed by atoms with van der Waals surface area (Å²) >= 11 is 0.960. The molecule has 1 aliphatic rings. The smallest absolute Gasteiger partial charge is 0.329 e. The zero-order valence-electron chi connectivity index (χ0n) is 13.6. The number of aromatic nitrogens is 2. The lowest BCUT2D eigenvalue weighted by atomic mass is 10.2. The molecule has 134 valence electrons. The van der Waals surface area contributed by atoms with E-state index < -0.39 is 22.0 Å². The topological polar surface area (TPSA) is 89.5 Å². The van der Waals surface area contributed by atoms with Gasteiger partial charge in [-0.2, -0.15) is 13.1 Å². The molecule has 0 N–H and O–H groups in total. The predicted octanol–water partition coefficient (Wildman–Crippen LogP) is 2.45. The molecule has 0 bridgehead atoms. The molecule has 7 nitrogen and oxygen atoms in total. The van der Waals surface area contributed by atoms with Gasteiger partial charge in [0, 0.05) is 6.54 Å². The number of sulfonamides is 1. The minimum atomic E-state index is -3.89. The lowest BCUT2D eigenvalue weighted by Crippen LogP contribution is -2.42. The third kappa shape index (κ3) is 2.98. The van der Waals surface area contributed by atoms with Crippen molar-refractivity contribution in [1.82, 2.24) is 13.1 Å². The highest BCUT2D eigenvalue weighted by Gasteiger charge is 2.41. The van der Waals surface area contributed by atoms with E-state index in [1.807, 2.05) is 6.07 Å². The Balaban J connectivity index is 1.65. The number of nitrogens with zero attached hydrogens (tertiary/aromatic N) is 3. The first-order valence-electron chi connectivity index (χ1n) is 8.07. The standard InChI is InChI=1S/C17H15N3O4S2/c21-17(24-12-6-2-1-3-7-12)14-9-5-11-20(14)26(22,23)15-10-4-8-13-16(15)19-25-18-13/h1-4,6-8,10,14H,5,9,11H2/t14-/m0/s1. The number of benzene rings is 2. The molecule has 0 spiro atoms. The summed E-state index contributed by atoms with van der Waals surface area (Å²) in [6.45, 7) is 0.269. The number of fused-ring (bicyclic) bond motifs is 1. The van der Waals surface area contributed by atoms with Crippen LogP contribution in [-0.2, 0) is 14.8 Å². The number of carbonyl (C=O) groups is 1. The monoisotopic (exact) mass is 389 g/mol. The maximum absolute atomic E-state index is 13.2. The number of ether oxygens (including phenoxy) is 1. The fraction of sp³-hybridized carbons (Fsp3) is 0.235. The highest BCUT2D eigenvalue weighted by atomic mass is 32.2. The van der Waals surface area contributed by atoms with Crippen molar-refractivity contribution in [3.05, 3.63) is 48.5 Å². The van der Waals surface area contributed by atoms with Gasteiger partial charge in [-0.05, 0) is 37.1 Å². The van der Waals surface area contributed by atoms with E-state index in [1.165, 1.54) is 10.4 Å². The number of carbonyl (C=O) groups excluding carboxylic acids is 1. The number of hydrogen-bond acceptors (Lipinski definition) is 7. The van der Waals surface area contributed by atoms with E-state index >= 15 is 0 Å². The molecule has 26 heavy (non-hydrogen) atoms. The van der Waals surface area contributed by atoms with Gasteiger partial charge >= 0.3 is 5.97 Å². The van der Waals surface area contributed by atoms with E-state index in [-0.39, 0.29) is 11.4 Å². The van der Waals surface area contributed by atoms with Crippen LogP contribution in [0, 0.1) is 0 Å². The van der Waals surface area contributed by atoms with Crippen LogP contribution in [0.2, 0.25) is 0 Å². The van der Waals surface area contributed by atoms with Crippen molar-refractivity contribution >= 4 is 38.8 Å². The molecular formula is C17H15N3O4S2. The van der Waals surface area contributed by atoms with E-state index in [9.17, 15) is 13.2 Å². The van der Waals surface area contributed by atoms with Crippen LogP contribution in [0.5, 0.6) is 5.75 Å². The average molecular weight is 389 g/mol. The van der Waals surface area contributed by atoms with Gasteiger partial charge in [-0.3, -0.25) is 0 Å². The molecule has 3 aromatic rings. The van der Waals surface area contributed by atoms with Gasteiger partial charge in [0.1, 0.15) is 27.7 Å². The lowest BCUT2D eigenvalue weighted by molar-refractivity contribution is -0.137. The van der Waals surface area contributed by atoms with Crippen LogP contribution in [0.3, 0.4) is 0 Å². The van der Waals surface area contributed by atoms with Crippen LogP contribution in [0.1, 0.15) is 12.8 Å². The van der Waals surface area contributed by atoms with Crippen molar-refractivity contribution < 1.29 is 17.9 Å². The van der Waals surface area contributed by atoms with Gasteiger partial charge in [0.25, 0.3) is 0 Å². The third-order valence-electron chi connectivity index (χ3n) is 4.27. The number of rotatable bonds is 4. The van der Waals surface area contributed by atoms with Crippen LogP contribution in [0.15, 0.2) is 53.4 Å². The molecule has 4 rings (SSSR count). The van der Waals surface area contributed by atoms with Crippen molar-refractivity contribution in [3.63, 3.8) is 0 Å². The zero-order chi connectivity index (χ0) is 18.1. The molecule has 1 atom stereocenters. The Kier molecular flexibility index (Phi) is 4.43. The highest BCUT2D eigenvalue weighted by Crippen LogP contribution is 2.30. The second kappa shape index (κ2) is 6.75. The minimum absolute atomic E-state index is 0.0724. The van der Waals surface area contributed by atoms with Crippen molar-refractivity contribution in [2.75, 3.05) is 6.54 Å². The van der Waals surface area contributed by atoms with Crippen LogP contribution < -0.4 is 4.74 Å². The van der Waals surface area contributed by atoms with E-state index in [0.717, 1.165) is 11.7 Å². The molecule has 9 heteroatoms. The fourth-order valence-corrected chi connectivity index (χ4v) is 5.45. The van der Waals surface area contributed by atoms with Crippen LogP contribution >= 0.6 is 11.7 Å². The molecule has 1 saturated heterocycles. The van der Waals surface area contributed by atoms with Crippen LogP contribution in [0.4, 0.5) is 0 Å². The molecule has 0 amide bonds. The molecular weight excluding hydrogens is 374 g/mol. The van der Waals surface area contributed by atoms with Gasteiger partial charge in [0.05, 0.1) is 11.7 Å². The van der Waals surface area contributed by atoms with Gasteiger partial charge in [0.2, 0.25) is 10.0 Å². The maximum atomic E-state index is 13.2. The third-order valence-corrected chi connectivity index (χ3v) is 6.76. The Labute approximate surface area is 154 Å². The van der Waals surface area contributed by atoms with Crippen molar-refractivity contribution in [1.29, 1.82) is 0 Å². The van der Waals surface area contributed by atoms with E-state index in [0.29, 0.717) is 29.6 Å². The molecule has 0 aliphatic carbocycles. The maximum Gasteiger partial charge on any atom is 0.329 e. The molecule has 1 fully saturated rings. The molecule has 1 aromatic heterocycles. The second-order valence-corrected chi connectivity index (χ2v) is 8.28. The van der Waals surface area contributed by atoms with Crippen LogP contribution in [-0.4, -0.2) is 40.0 Å². The van der Waals surface area contributed by atoms with Crippen molar-refractivity contribution in [2.24, 2.45) is 0 Å². The summed E-state index contributed by atoms with van der Waals surface area (Å²) in [7, 11) is -3.89. The van der Waals surface area contributed by atoms with Gasteiger partial charge in [-0.25, -0.2) is 13.2 Å². The van der Waals surface area contributed by atoms with E-state index in [4.69, 9.17) is 4.74 Å². The number of hydrogen-bond donors (Lipinski definition) is 0. The van der Waals surface area contributed by atoms with Crippen molar-refractivity contribution in [3.8, 4) is 5.75 Å². The number of para-hydroxylation sites is 1. The average Bonchev–Trinajstić information content (AvgIpc) is 3.31. The molecule has 1 aliphatic heterocycles. The minimum Gasteiger partial charge on any atom is -0.425 e. The normalized spacial score (nSPS) is 18.2. The molecule has 2 aromatic carbocycles. The van der Waals surface area contributed by atoms with Crippen LogP contribution in [0.25, 0.3) is 11.0 Å². The Hall–Kier alpha value is -2.36. The quantitative estimate of drug-likeness (QED) is 0.503.